The first-order valence-electron chi connectivity index (χ1n) is 12.1. The van der Waals surface area contributed by atoms with Gasteiger partial charge >= 0.3 is 6.09 Å². The lowest BCUT2D eigenvalue weighted by Gasteiger charge is -2.32. The van der Waals surface area contributed by atoms with Crippen LogP contribution in [0.4, 0.5) is 9.18 Å². The van der Waals surface area contributed by atoms with Gasteiger partial charge in [-0.15, -0.1) is 0 Å². The van der Waals surface area contributed by atoms with Crippen LogP contribution < -0.4 is 0 Å². The number of aromatic amines is 1. The molecular formula is C28H27FN4O4S. The topological polar surface area (TPSA) is 108 Å². The van der Waals surface area contributed by atoms with Gasteiger partial charge in [0.15, 0.2) is 0 Å². The molecule has 3 aromatic carbocycles. The van der Waals surface area contributed by atoms with Gasteiger partial charge in [0.05, 0.1) is 21.4 Å². The third-order valence-corrected chi connectivity index (χ3v) is 8.18. The van der Waals surface area contributed by atoms with Crippen LogP contribution in [-0.2, 0) is 16.4 Å². The van der Waals surface area contributed by atoms with Gasteiger partial charge in [-0.05, 0) is 68.8 Å². The molecule has 196 valence electrons. The van der Waals surface area contributed by atoms with E-state index in [1.54, 1.807) is 24.3 Å². The van der Waals surface area contributed by atoms with Crippen LogP contribution >= 0.6 is 0 Å². The second kappa shape index (κ2) is 9.29. The van der Waals surface area contributed by atoms with E-state index >= 15 is 0 Å². The Hall–Kier alpha value is -4.18. The first kappa shape index (κ1) is 25.5. The van der Waals surface area contributed by atoms with E-state index in [1.165, 1.54) is 35.4 Å². The molecule has 0 radical (unpaired) electrons. The van der Waals surface area contributed by atoms with Gasteiger partial charge in [-0.3, -0.25) is 0 Å². The van der Waals surface area contributed by atoms with Crippen molar-refractivity contribution >= 4 is 38.1 Å². The summed E-state index contributed by atoms with van der Waals surface area (Å²) in [5.74, 6) is 0.106. The SMILES string of the molecule is CC(C)(C)N(CCc1nc2ccc(-c3cn(S(=O)(=O)c4ccccc4)c4cc(F)ccc34)cc2[nH]1)C(=O)O. The van der Waals surface area contributed by atoms with E-state index in [4.69, 9.17) is 0 Å². The number of carbonyl (C=O) groups is 1. The number of hydrogen-bond acceptors (Lipinski definition) is 4. The Morgan fingerprint density at radius 3 is 2.50 bits per heavy atom. The number of imidazole rings is 1. The normalized spacial score (nSPS) is 12.3. The zero-order valence-corrected chi connectivity index (χ0v) is 22.0. The number of rotatable bonds is 6. The highest BCUT2D eigenvalue weighted by Crippen LogP contribution is 2.34. The third kappa shape index (κ3) is 4.63. The molecule has 0 saturated carbocycles. The van der Waals surface area contributed by atoms with Crippen molar-refractivity contribution in [1.82, 2.24) is 18.8 Å². The number of nitrogens with one attached hydrogen (secondary N) is 1. The molecule has 0 atom stereocenters. The second-order valence-corrected chi connectivity index (χ2v) is 11.9. The number of aromatic nitrogens is 3. The molecule has 0 spiro atoms. The van der Waals surface area contributed by atoms with Gasteiger partial charge in [0.2, 0.25) is 0 Å². The molecule has 0 fully saturated rings. The average molecular weight is 535 g/mol. The van der Waals surface area contributed by atoms with E-state index in [1.807, 2.05) is 39.0 Å². The van der Waals surface area contributed by atoms with Crippen molar-refractivity contribution in [2.45, 2.75) is 37.6 Å². The molecule has 0 aliphatic rings. The van der Waals surface area contributed by atoms with Crippen LogP contribution in [0, 0.1) is 5.82 Å². The van der Waals surface area contributed by atoms with Gasteiger partial charge in [-0.25, -0.2) is 26.6 Å². The minimum atomic E-state index is -3.97. The minimum absolute atomic E-state index is 0.104. The van der Waals surface area contributed by atoms with Gasteiger partial charge in [0.25, 0.3) is 10.0 Å². The predicted octanol–water partition coefficient (Wildman–Crippen LogP) is 5.88. The lowest BCUT2D eigenvalue weighted by molar-refractivity contribution is 0.101. The van der Waals surface area contributed by atoms with Crippen molar-refractivity contribution < 1.29 is 22.7 Å². The number of nitrogens with zero attached hydrogens (tertiary/aromatic N) is 3. The van der Waals surface area contributed by atoms with Crippen molar-refractivity contribution in [3.8, 4) is 11.1 Å². The molecule has 38 heavy (non-hydrogen) atoms. The molecule has 2 N–H and O–H groups in total. The highest BCUT2D eigenvalue weighted by atomic mass is 32.2. The number of carboxylic acid groups (broad SMARTS) is 1. The van der Waals surface area contributed by atoms with Gasteiger partial charge in [0, 0.05) is 35.7 Å². The quantitative estimate of drug-likeness (QED) is 0.283. The first-order valence-corrected chi connectivity index (χ1v) is 13.5. The van der Waals surface area contributed by atoms with Crippen LogP contribution in [0.2, 0.25) is 0 Å². The largest absolute Gasteiger partial charge is 0.465 e. The molecule has 2 heterocycles. The van der Waals surface area contributed by atoms with Gasteiger partial charge in [-0.1, -0.05) is 24.3 Å². The number of hydrogen-bond donors (Lipinski definition) is 2. The first-order chi connectivity index (χ1) is 17.9. The number of halogens is 1. The fourth-order valence-corrected chi connectivity index (χ4v) is 5.97. The highest BCUT2D eigenvalue weighted by Gasteiger charge is 2.26. The summed E-state index contributed by atoms with van der Waals surface area (Å²) in [5, 5.41) is 10.1. The lowest BCUT2D eigenvalue weighted by Crippen LogP contribution is -2.46. The van der Waals surface area contributed by atoms with E-state index in [9.17, 15) is 22.7 Å². The molecule has 0 aliphatic heterocycles. The maximum atomic E-state index is 14.2. The molecule has 1 amide bonds. The molecule has 10 heteroatoms. The van der Waals surface area contributed by atoms with Crippen molar-refractivity contribution in [2.24, 2.45) is 0 Å². The molecular weight excluding hydrogens is 507 g/mol. The van der Waals surface area contributed by atoms with Crippen LogP contribution in [0.15, 0.2) is 77.8 Å². The van der Waals surface area contributed by atoms with E-state index in [0.717, 1.165) is 15.1 Å². The van der Waals surface area contributed by atoms with E-state index in [-0.39, 0.29) is 17.0 Å². The Labute approximate surface area is 219 Å². The van der Waals surface area contributed by atoms with E-state index in [2.05, 4.69) is 9.97 Å². The van der Waals surface area contributed by atoms with E-state index in [0.29, 0.717) is 28.7 Å². The lowest BCUT2D eigenvalue weighted by atomic mass is 10.0. The molecule has 5 aromatic rings. The van der Waals surface area contributed by atoms with Crippen molar-refractivity contribution in [2.75, 3.05) is 6.54 Å². The number of benzene rings is 3. The number of amides is 1. The number of H-pyrrole nitrogens is 1. The Balaban J connectivity index is 1.55. The summed E-state index contributed by atoms with van der Waals surface area (Å²) >= 11 is 0. The molecule has 2 aromatic heterocycles. The summed E-state index contributed by atoms with van der Waals surface area (Å²) in [6, 6.07) is 17.6. The fraction of sp³-hybridized carbons (Fsp3) is 0.214. The molecule has 8 nitrogen and oxygen atoms in total. The van der Waals surface area contributed by atoms with Crippen LogP contribution in [0.3, 0.4) is 0 Å². The Morgan fingerprint density at radius 1 is 1.08 bits per heavy atom. The monoisotopic (exact) mass is 534 g/mol. The number of fused-ring (bicyclic) bond motifs is 2. The van der Waals surface area contributed by atoms with Crippen LogP contribution in [-0.4, -0.2) is 50.5 Å². The summed E-state index contributed by atoms with van der Waals surface area (Å²) in [6.45, 7) is 5.80. The average Bonchev–Trinajstić information content (AvgIpc) is 3.44. The maximum absolute atomic E-state index is 14.2. The van der Waals surface area contributed by atoms with Crippen molar-refractivity contribution in [3.63, 3.8) is 0 Å². The van der Waals surface area contributed by atoms with Gasteiger partial charge in [-0.2, -0.15) is 0 Å². The smallest absolute Gasteiger partial charge is 0.407 e. The Bertz CT molecular complexity index is 1770. The van der Waals surface area contributed by atoms with Crippen LogP contribution in [0.5, 0.6) is 0 Å². The molecule has 0 unspecified atom stereocenters. The second-order valence-electron chi connectivity index (χ2n) is 10.1. The van der Waals surface area contributed by atoms with Gasteiger partial charge in [0.1, 0.15) is 11.6 Å². The predicted molar refractivity (Wildman–Crippen MR) is 144 cm³/mol. The summed E-state index contributed by atoms with van der Waals surface area (Å²) in [6.07, 6.45) is 0.926. The van der Waals surface area contributed by atoms with Gasteiger partial charge < -0.3 is 15.0 Å². The zero-order chi connectivity index (χ0) is 27.2. The van der Waals surface area contributed by atoms with Crippen molar-refractivity contribution in [3.05, 3.63) is 84.6 Å². The minimum Gasteiger partial charge on any atom is -0.465 e. The molecule has 0 aliphatic carbocycles. The summed E-state index contributed by atoms with van der Waals surface area (Å²) in [5.41, 5.74) is 2.48. The van der Waals surface area contributed by atoms with Crippen LogP contribution in [0.1, 0.15) is 26.6 Å². The zero-order valence-electron chi connectivity index (χ0n) is 21.1. The summed E-state index contributed by atoms with van der Waals surface area (Å²) in [7, 11) is -3.97. The summed E-state index contributed by atoms with van der Waals surface area (Å²) in [4.78, 5) is 21.0. The molecule has 0 bridgehead atoms. The standard InChI is InChI=1S/C28H27FN4O4S/c1-28(2,3)32(27(34)35)14-13-26-30-23-12-9-18(15-24(23)31-26)22-17-33(25-16-19(29)10-11-21(22)25)38(36,37)20-7-5-4-6-8-20/h4-12,15-17H,13-14H2,1-3H3,(H,30,31)(H,34,35). The third-order valence-electron chi connectivity index (χ3n) is 6.49. The highest BCUT2D eigenvalue weighted by molar-refractivity contribution is 7.90. The maximum Gasteiger partial charge on any atom is 0.407 e. The Morgan fingerprint density at radius 2 is 1.82 bits per heavy atom. The summed E-state index contributed by atoms with van der Waals surface area (Å²) < 4.78 is 42.2. The van der Waals surface area contributed by atoms with Crippen molar-refractivity contribution in [1.29, 1.82) is 0 Å². The molecule has 5 rings (SSSR count). The fourth-order valence-electron chi connectivity index (χ4n) is 4.59. The Kier molecular flexibility index (Phi) is 6.22. The molecule has 0 saturated heterocycles. The van der Waals surface area contributed by atoms with E-state index < -0.39 is 27.5 Å². The van der Waals surface area contributed by atoms with Crippen LogP contribution in [0.25, 0.3) is 33.1 Å².